The van der Waals surface area contributed by atoms with E-state index in [0.717, 1.165) is 10.4 Å². The molecule has 1 aromatic heterocycles. The van der Waals surface area contributed by atoms with Crippen molar-refractivity contribution in [2.24, 2.45) is 0 Å². The lowest BCUT2D eigenvalue weighted by atomic mass is 10.2. The molecule has 0 saturated carbocycles. The quantitative estimate of drug-likeness (QED) is 0.850. The van der Waals surface area contributed by atoms with Gasteiger partial charge < -0.3 is 4.42 Å². The highest BCUT2D eigenvalue weighted by atomic mass is 32.2. The first-order valence-corrected chi connectivity index (χ1v) is 7.65. The van der Waals surface area contributed by atoms with E-state index in [1.54, 1.807) is 25.1 Å². The van der Waals surface area contributed by atoms with E-state index in [1.165, 1.54) is 18.4 Å². The molecule has 1 aromatic carbocycles. The fourth-order valence-electron chi connectivity index (χ4n) is 1.91. The number of hydrogen-bond donors (Lipinski definition) is 0. The van der Waals surface area contributed by atoms with Crippen LogP contribution >= 0.6 is 0 Å². The van der Waals surface area contributed by atoms with E-state index in [9.17, 15) is 12.8 Å². The molecular weight excluding hydrogens is 295 g/mol. The van der Waals surface area contributed by atoms with Crippen molar-refractivity contribution in [1.29, 1.82) is 5.26 Å². The normalized spacial score (nSPS) is 11.5. The number of halogens is 1. The molecule has 0 aliphatic carbocycles. The Kier molecular flexibility index (Phi) is 4.40. The second-order valence-electron chi connectivity index (χ2n) is 4.24. The third-order valence-electron chi connectivity index (χ3n) is 2.97. The number of furan rings is 1. The molecule has 0 aliphatic rings. The number of benzene rings is 1. The average molecular weight is 308 g/mol. The number of sulfonamides is 1. The molecule has 0 aliphatic heterocycles. The highest BCUT2D eigenvalue weighted by molar-refractivity contribution is 7.89. The van der Waals surface area contributed by atoms with Gasteiger partial charge in [-0.2, -0.15) is 9.57 Å². The highest BCUT2D eigenvalue weighted by Crippen LogP contribution is 2.23. The van der Waals surface area contributed by atoms with E-state index in [0.29, 0.717) is 5.76 Å². The van der Waals surface area contributed by atoms with E-state index < -0.39 is 21.4 Å². The van der Waals surface area contributed by atoms with E-state index in [1.807, 2.05) is 0 Å². The maximum atomic E-state index is 13.6. The summed E-state index contributed by atoms with van der Waals surface area (Å²) in [4.78, 5) is -0.335. The van der Waals surface area contributed by atoms with Crippen LogP contribution in [0, 0.1) is 17.1 Å². The van der Waals surface area contributed by atoms with Gasteiger partial charge in [0.2, 0.25) is 10.0 Å². The number of nitrogens with zero attached hydrogens (tertiary/aromatic N) is 2. The molecule has 7 heteroatoms. The summed E-state index contributed by atoms with van der Waals surface area (Å²) in [5, 5.41) is 8.98. The summed E-state index contributed by atoms with van der Waals surface area (Å²) in [5.41, 5.74) is -0.476. The number of nitriles is 1. The van der Waals surface area contributed by atoms with Gasteiger partial charge >= 0.3 is 0 Å². The predicted molar refractivity (Wildman–Crippen MR) is 73.1 cm³/mol. The summed E-state index contributed by atoms with van der Waals surface area (Å²) in [6, 6.07) is 8.45. The Morgan fingerprint density at radius 3 is 2.67 bits per heavy atom. The van der Waals surface area contributed by atoms with Crippen LogP contribution in [0.3, 0.4) is 0 Å². The molecule has 0 bridgehead atoms. The van der Waals surface area contributed by atoms with Crippen LogP contribution in [0.15, 0.2) is 45.9 Å². The second-order valence-corrected chi connectivity index (χ2v) is 6.14. The topological polar surface area (TPSA) is 74.3 Å². The van der Waals surface area contributed by atoms with Gasteiger partial charge in [0, 0.05) is 6.54 Å². The molecule has 110 valence electrons. The molecule has 0 atom stereocenters. The average Bonchev–Trinajstić information content (AvgIpc) is 2.97. The number of rotatable bonds is 5. The third kappa shape index (κ3) is 2.96. The Labute approximate surface area is 122 Å². The minimum atomic E-state index is -3.98. The molecule has 2 rings (SSSR count). The Morgan fingerprint density at radius 2 is 2.10 bits per heavy atom. The van der Waals surface area contributed by atoms with Crippen molar-refractivity contribution in [2.75, 3.05) is 6.54 Å². The fourth-order valence-corrected chi connectivity index (χ4v) is 3.48. The van der Waals surface area contributed by atoms with Gasteiger partial charge in [0.25, 0.3) is 0 Å². The zero-order valence-electron chi connectivity index (χ0n) is 11.3. The van der Waals surface area contributed by atoms with Gasteiger partial charge in [-0.15, -0.1) is 0 Å². The van der Waals surface area contributed by atoms with Crippen LogP contribution in [-0.2, 0) is 16.6 Å². The molecular formula is C14H13FN2O3S. The van der Waals surface area contributed by atoms with Crippen LogP contribution < -0.4 is 0 Å². The summed E-state index contributed by atoms with van der Waals surface area (Å²) < 4.78 is 45.0. The van der Waals surface area contributed by atoms with Gasteiger partial charge in [-0.05, 0) is 24.3 Å². The standard InChI is InChI=1S/C14H13FN2O3S/c1-2-17(10-11-5-4-8-20-11)21(18,19)14-7-3-6-13(15)12(14)9-16/h3-8H,2,10H2,1H3. The molecule has 0 radical (unpaired) electrons. The molecule has 5 nitrogen and oxygen atoms in total. The van der Waals surface area contributed by atoms with Gasteiger partial charge in [-0.1, -0.05) is 13.0 Å². The lowest BCUT2D eigenvalue weighted by Gasteiger charge is -2.20. The zero-order valence-corrected chi connectivity index (χ0v) is 12.1. The lowest BCUT2D eigenvalue weighted by Crippen LogP contribution is -2.31. The van der Waals surface area contributed by atoms with E-state index in [2.05, 4.69) is 0 Å². The van der Waals surface area contributed by atoms with Crippen LogP contribution in [0.1, 0.15) is 18.2 Å². The molecule has 2 aromatic rings. The summed E-state index contributed by atoms with van der Waals surface area (Å²) in [7, 11) is -3.98. The highest BCUT2D eigenvalue weighted by Gasteiger charge is 2.28. The molecule has 0 fully saturated rings. The summed E-state index contributed by atoms with van der Waals surface area (Å²) in [6.45, 7) is 1.85. The van der Waals surface area contributed by atoms with Crippen molar-refractivity contribution in [1.82, 2.24) is 4.31 Å². The van der Waals surface area contributed by atoms with Crippen LogP contribution in [0.25, 0.3) is 0 Å². The van der Waals surface area contributed by atoms with E-state index >= 15 is 0 Å². The van der Waals surface area contributed by atoms with Gasteiger partial charge in [-0.25, -0.2) is 12.8 Å². The maximum absolute atomic E-state index is 13.6. The first kappa shape index (κ1) is 15.2. The molecule has 0 spiro atoms. The van der Waals surface area contributed by atoms with Crippen molar-refractivity contribution in [2.45, 2.75) is 18.4 Å². The minimum Gasteiger partial charge on any atom is -0.468 e. The minimum absolute atomic E-state index is 0.0210. The summed E-state index contributed by atoms with van der Waals surface area (Å²) >= 11 is 0. The monoisotopic (exact) mass is 308 g/mol. The third-order valence-corrected chi connectivity index (χ3v) is 4.93. The van der Waals surface area contributed by atoms with E-state index in [4.69, 9.17) is 9.68 Å². The van der Waals surface area contributed by atoms with Crippen LogP contribution in [-0.4, -0.2) is 19.3 Å². The van der Waals surface area contributed by atoms with Gasteiger partial charge in [0.15, 0.2) is 0 Å². The zero-order chi connectivity index (χ0) is 15.5. The second kappa shape index (κ2) is 6.08. The molecule has 0 amide bonds. The summed E-state index contributed by atoms with van der Waals surface area (Å²) in [6.07, 6.45) is 1.44. The van der Waals surface area contributed by atoms with Crippen molar-refractivity contribution in [3.8, 4) is 6.07 Å². The van der Waals surface area contributed by atoms with Gasteiger partial charge in [0.1, 0.15) is 28.1 Å². The van der Waals surface area contributed by atoms with Crippen molar-refractivity contribution >= 4 is 10.0 Å². The Bertz CT molecular complexity index is 764. The Balaban J connectivity index is 2.45. The van der Waals surface area contributed by atoms with Crippen molar-refractivity contribution in [3.63, 3.8) is 0 Å². The SMILES string of the molecule is CCN(Cc1ccco1)S(=O)(=O)c1cccc(F)c1C#N. The van der Waals surface area contributed by atoms with Crippen molar-refractivity contribution in [3.05, 3.63) is 53.7 Å². The molecule has 0 unspecified atom stereocenters. The lowest BCUT2D eigenvalue weighted by molar-refractivity contribution is 0.375. The first-order valence-electron chi connectivity index (χ1n) is 6.21. The van der Waals surface area contributed by atoms with Crippen LogP contribution in [0.4, 0.5) is 4.39 Å². The molecule has 0 saturated heterocycles. The molecule has 21 heavy (non-hydrogen) atoms. The largest absolute Gasteiger partial charge is 0.468 e. The fraction of sp³-hybridized carbons (Fsp3) is 0.214. The molecule has 1 heterocycles. The predicted octanol–water partition coefficient (Wildman–Crippen LogP) is 2.50. The Morgan fingerprint density at radius 1 is 1.33 bits per heavy atom. The van der Waals surface area contributed by atoms with Crippen molar-refractivity contribution < 1.29 is 17.2 Å². The number of hydrogen-bond acceptors (Lipinski definition) is 4. The smallest absolute Gasteiger partial charge is 0.244 e. The van der Waals surface area contributed by atoms with Crippen LogP contribution in [0.5, 0.6) is 0 Å². The Hall–Kier alpha value is -2.17. The molecule has 0 N–H and O–H groups in total. The van der Waals surface area contributed by atoms with Gasteiger partial charge in [0.05, 0.1) is 12.8 Å². The maximum Gasteiger partial charge on any atom is 0.244 e. The van der Waals surface area contributed by atoms with E-state index in [-0.39, 0.29) is 18.0 Å². The van der Waals surface area contributed by atoms with Crippen LogP contribution in [0.2, 0.25) is 0 Å². The first-order chi connectivity index (χ1) is 10.0. The van der Waals surface area contributed by atoms with Gasteiger partial charge in [-0.3, -0.25) is 0 Å². The summed E-state index contributed by atoms with van der Waals surface area (Å²) in [5.74, 6) is -0.386.